The van der Waals surface area contributed by atoms with Crippen molar-refractivity contribution < 1.29 is 14.4 Å². The van der Waals surface area contributed by atoms with Crippen molar-refractivity contribution in [3.63, 3.8) is 0 Å². The Morgan fingerprint density at radius 3 is 0.670 bits per heavy atom. The molecule has 0 aliphatic carbocycles. The summed E-state index contributed by atoms with van der Waals surface area (Å²) in [6.07, 6.45) is 0. The summed E-state index contributed by atoms with van der Waals surface area (Å²) in [5.74, 6) is 1.70. The Morgan fingerprint density at radius 2 is 0.420 bits per heavy atom. The number of hydrogen-bond donors (Lipinski definition) is 0. The molecule has 18 aromatic rings. The summed E-state index contributed by atoms with van der Waals surface area (Å²) in [6, 6.07) is 139. The molecule has 0 radical (unpaired) electrons. The highest BCUT2D eigenvalue weighted by atomic mass is 16.6. The molecule has 0 amide bonds. The van der Waals surface area contributed by atoms with Crippen molar-refractivity contribution in [2.24, 2.45) is 0 Å². The van der Waals surface area contributed by atoms with E-state index in [0.29, 0.717) is 0 Å². The van der Waals surface area contributed by atoms with Crippen molar-refractivity contribution >= 4 is 156 Å². The van der Waals surface area contributed by atoms with Gasteiger partial charge in [0.1, 0.15) is 11.5 Å². The van der Waals surface area contributed by atoms with Crippen molar-refractivity contribution in [1.29, 1.82) is 0 Å². The molecule has 18 aromatic carbocycles. The van der Waals surface area contributed by atoms with E-state index in [-0.39, 0.29) is 10.6 Å². The fourth-order valence-corrected chi connectivity index (χ4v) is 14.6. The molecule has 0 heterocycles. The quantitative estimate of drug-likeness (QED) is 0.0612. The number of benzene rings is 18. The zero-order chi connectivity index (χ0) is 76.4. The van der Waals surface area contributed by atoms with Gasteiger partial charge in [-0.15, -0.1) is 0 Å². The Balaban J connectivity index is 0.000000127. The molecule has 0 aliphatic rings. The van der Waals surface area contributed by atoms with Gasteiger partial charge in [0.2, 0.25) is 0 Å². The lowest BCUT2D eigenvalue weighted by Gasteiger charge is -2.27. The lowest BCUT2D eigenvalue weighted by Crippen LogP contribution is -2.12. The normalized spacial score (nSPS) is 11.0. The molecule has 0 unspecified atom stereocenters. The van der Waals surface area contributed by atoms with Gasteiger partial charge in [0, 0.05) is 125 Å². The van der Waals surface area contributed by atoms with E-state index in [4.69, 9.17) is 9.47 Å². The Morgan fingerprint density at radius 1 is 0.205 bits per heavy atom. The summed E-state index contributed by atoms with van der Waals surface area (Å²) in [6.45, 7) is 0. The first-order valence-electron chi connectivity index (χ1n) is 37.3. The zero-order valence-electron chi connectivity index (χ0n) is 62.9. The average Bonchev–Trinajstić information content (AvgIpc) is 0.788. The third kappa shape index (κ3) is 15.6. The van der Waals surface area contributed by atoms with E-state index in [9.17, 15) is 10.1 Å². The van der Waals surface area contributed by atoms with Gasteiger partial charge in [-0.3, -0.25) is 10.1 Å². The van der Waals surface area contributed by atoms with E-state index >= 15 is 0 Å². The minimum Gasteiger partial charge on any atom is -0.497 e. The van der Waals surface area contributed by atoms with E-state index < -0.39 is 0 Å². The average molecular weight is 1460 g/mol. The van der Waals surface area contributed by atoms with Gasteiger partial charge in [0.05, 0.1) is 19.1 Å². The molecule has 0 fully saturated rings. The van der Waals surface area contributed by atoms with Crippen molar-refractivity contribution in [3.8, 4) is 11.5 Å². The standard InChI is InChI=1S/2C34H28N2O.C33H25N3O2/c1-35(31-12-7-13-34(24-31)37-2)29-18-20-30(21-19-29)36(32-16-14-25-8-3-5-10-27(25)22-32)33-17-15-26-9-4-6-11-28(26)23-33;1-35(30-19-21-34(37-2)22-20-30)29-15-17-31(18-16-29)36(32-13-11-25-7-3-5-9-27(25)23-32)33-14-12-26-8-4-6-10-28(26)24-33;1-34(29-16-20-31(21-17-29)36(37)38)28-14-18-30(19-15-28)35(32-12-10-24-6-2-4-8-26(24)22-32)33-13-11-25-7-3-5-9-27(25)23-33/h2*3-24H,1-2H3;2-23H,1H3. The fraction of sp³-hybridized carbons (Fsp3) is 0.0495. The van der Waals surface area contributed by atoms with Crippen molar-refractivity contribution in [1.82, 2.24) is 0 Å². The minimum atomic E-state index is -0.382. The maximum atomic E-state index is 11.0. The Kier molecular flexibility index (Phi) is 20.7. The predicted molar refractivity (Wildman–Crippen MR) is 472 cm³/mol. The Labute approximate surface area is 652 Å². The van der Waals surface area contributed by atoms with E-state index in [1.54, 1.807) is 26.4 Å². The number of hydrogen-bond acceptors (Lipinski definition) is 10. The highest BCUT2D eigenvalue weighted by Gasteiger charge is 2.20. The van der Waals surface area contributed by atoms with Gasteiger partial charge in [-0.2, -0.15) is 0 Å². The number of methoxy groups -OCH3 is 2. The van der Waals surface area contributed by atoms with Crippen LogP contribution in [-0.4, -0.2) is 40.3 Å². The van der Waals surface area contributed by atoms with Gasteiger partial charge in [0.25, 0.3) is 5.69 Å². The number of ether oxygens (including phenoxy) is 2. The van der Waals surface area contributed by atoms with Crippen LogP contribution < -0.4 is 38.9 Å². The van der Waals surface area contributed by atoms with Gasteiger partial charge in [-0.25, -0.2) is 0 Å². The Bertz CT molecular complexity index is 6120. The number of nitro groups is 1. The van der Waals surface area contributed by atoms with Gasteiger partial charge in [-0.05, 0) is 259 Å². The SMILES string of the molecule is CN(c1ccc(N(c2ccc3ccccc3c2)c2ccc3ccccc3c2)cc1)c1ccc([N+](=O)[O-])cc1.COc1ccc(N(C)c2ccc(N(c3ccc4ccccc4c3)c3ccc4ccccc4c3)cc2)cc1.COc1cccc(N(C)c2ccc(N(c3ccc4ccccc4c3)c3ccc4ccccc4c3)cc2)c1. The monoisotopic (exact) mass is 1460 g/mol. The van der Waals surface area contributed by atoms with E-state index in [0.717, 1.165) is 96.8 Å². The Hall–Kier alpha value is -14.7. The number of non-ortho nitro benzene ring substituents is 1. The second-order valence-electron chi connectivity index (χ2n) is 27.6. The van der Waals surface area contributed by atoms with Gasteiger partial charge in [-0.1, -0.05) is 188 Å². The first kappa shape index (κ1) is 71.6. The second-order valence-corrected chi connectivity index (χ2v) is 27.6. The van der Waals surface area contributed by atoms with Crippen LogP contribution in [-0.2, 0) is 0 Å². The maximum absolute atomic E-state index is 11.0. The van der Waals surface area contributed by atoms with Gasteiger partial charge < -0.3 is 38.9 Å². The molecule has 18 rings (SSSR count). The van der Waals surface area contributed by atoms with Crippen molar-refractivity contribution in [2.45, 2.75) is 0 Å². The lowest BCUT2D eigenvalue weighted by atomic mass is 10.1. The molecule has 11 nitrogen and oxygen atoms in total. The van der Waals surface area contributed by atoms with Crippen LogP contribution in [0.2, 0.25) is 0 Å². The lowest BCUT2D eigenvalue weighted by molar-refractivity contribution is -0.384. The molecule has 0 atom stereocenters. The van der Waals surface area contributed by atoms with Crippen LogP contribution in [0.3, 0.4) is 0 Å². The molecule has 0 spiro atoms. The fourth-order valence-electron chi connectivity index (χ4n) is 14.6. The van der Waals surface area contributed by atoms with Crippen molar-refractivity contribution in [2.75, 3.05) is 64.8 Å². The van der Waals surface area contributed by atoms with Crippen LogP contribution in [0.25, 0.3) is 64.6 Å². The molecule has 0 saturated carbocycles. The second kappa shape index (κ2) is 32.4. The smallest absolute Gasteiger partial charge is 0.269 e. The third-order valence-corrected chi connectivity index (χ3v) is 20.8. The minimum absolute atomic E-state index is 0.0823. The molecule has 0 bridgehead atoms. The van der Waals surface area contributed by atoms with E-state index in [1.807, 2.05) is 42.3 Å². The molecule has 544 valence electrons. The molecule has 0 aromatic heterocycles. The van der Waals surface area contributed by atoms with E-state index in [2.05, 4.69) is 384 Å². The van der Waals surface area contributed by atoms with E-state index in [1.165, 1.54) is 76.8 Å². The summed E-state index contributed by atoms with van der Waals surface area (Å²) in [5, 5.41) is 25.6. The van der Waals surface area contributed by atoms with Crippen molar-refractivity contribution in [3.05, 3.63) is 410 Å². The van der Waals surface area contributed by atoms with Gasteiger partial charge >= 0.3 is 0 Å². The molecule has 0 saturated heterocycles. The third-order valence-electron chi connectivity index (χ3n) is 20.8. The maximum Gasteiger partial charge on any atom is 0.269 e. The first-order chi connectivity index (χ1) is 54.9. The number of rotatable bonds is 18. The van der Waals surface area contributed by atoms with Crippen LogP contribution in [0.4, 0.5) is 91.0 Å². The largest absolute Gasteiger partial charge is 0.497 e. The molecular weight excluding hydrogens is 1380 g/mol. The van der Waals surface area contributed by atoms with Crippen LogP contribution >= 0.6 is 0 Å². The zero-order valence-corrected chi connectivity index (χ0v) is 62.9. The van der Waals surface area contributed by atoms with Gasteiger partial charge in [0.15, 0.2) is 0 Å². The van der Waals surface area contributed by atoms with Crippen LogP contribution in [0.1, 0.15) is 0 Å². The molecule has 112 heavy (non-hydrogen) atoms. The number of anilines is 15. The number of nitrogens with zero attached hydrogens (tertiary/aromatic N) is 7. The highest BCUT2D eigenvalue weighted by Crippen LogP contribution is 2.44. The predicted octanol–water partition coefficient (Wildman–Crippen LogP) is 27.6. The number of nitro benzene ring substituents is 1. The summed E-state index contributed by atoms with van der Waals surface area (Å²) in [7, 11) is 9.51. The molecule has 11 heteroatoms. The summed E-state index contributed by atoms with van der Waals surface area (Å²) in [4.78, 5) is 23.9. The van der Waals surface area contributed by atoms with Crippen LogP contribution in [0.15, 0.2) is 400 Å². The summed E-state index contributed by atoms with van der Waals surface area (Å²) < 4.78 is 10.7. The first-order valence-corrected chi connectivity index (χ1v) is 37.3. The summed E-state index contributed by atoms with van der Waals surface area (Å²) >= 11 is 0. The summed E-state index contributed by atoms with van der Waals surface area (Å²) in [5.41, 5.74) is 16.3. The highest BCUT2D eigenvalue weighted by molar-refractivity contribution is 5.97. The topological polar surface area (TPSA) is 81.0 Å². The van der Waals surface area contributed by atoms with Crippen LogP contribution in [0, 0.1) is 10.1 Å². The van der Waals surface area contributed by atoms with Crippen LogP contribution in [0.5, 0.6) is 11.5 Å². The number of fused-ring (bicyclic) bond motifs is 6. The molecule has 0 aliphatic heterocycles. The molecule has 0 N–H and O–H groups in total. The molecular formula is C101H81N7O4.